The van der Waals surface area contributed by atoms with Crippen molar-refractivity contribution in [1.82, 2.24) is 5.32 Å². The molecule has 0 heterocycles. The van der Waals surface area contributed by atoms with Gasteiger partial charge in [0.2, 0.25) is 0 Å². The highest BCUT2D eigenvalue weighted by molar-refractivity contribution is 5.82. The Labute approximate surface area is 128 Å². The number of carbonyl (C=O) groups excluding carboxylic acids is 1. The van der Waals surface area contributed by atoms with Gasteiger partial charge in [-0.05, 0) is 41.8 Å². The Bertz CT molecular complexity index is 673. The molecule has 1 atom stereocenters. The number of aryl methyl sites for hydroxylation is 1. The fraction of sp³-hybridized carbons (Fsp3) is 0.235. The quantitative estimate of drug-likeness (QED) is 0.892. The summed E-state index contributed by atoms with van der Waals surface area (Å²) < 4.78 is 18.2. The van der Waals surface area contributed by atoms with Crippen LogP contribution in [0.2, 0.25) is 0 Å². The second-order valence-electron chi connectivity index (χ2n) is 4.98. The van der Waals surface area contributed by atoms with E-state index in [1.165, 1.54) is 13.2 Å². The predicted octanol–water partition coefficient (Wildman–Crippen LogP) is 2.49. The van der Waals surface area contributed by atoms with Gasteiger partial charge < -0.3 is 15.2 Å². The number of aliphatic hydroxyl groups is 1. The molecule has 0 aliphatic heterocycles. The molecule has 0 radical (unpaired) electrons. The maximum atomic E-state index is 13.2. The van der Waals surface area contributed by atoms with E-state index < -0.39 is 12.0 Å². The topological polar surface area (TPSA) is 58.6 Å². The smallest absolute Gasteiger partial charge is 0.253 e. The third kappa shape index (κ3) is 3.83. The third-order valence-corrected chi connectivity index (χ3v) is 3.35. The number of nitrogens with one attached hydrogen (secondary N) is 1. The summed E-state index contributed by atoms with van der Waals surface area (Å²) >= 11 is 0. The van der Waals surface area contributed by atoms with Crippen molar-refractivity contribution >= 4 is 5.91 Å². The molecule has 0 aromatic heterocycles. The normalized spacial score (nSPS) is 11.8. The minimum atomic E-state index is -1.28. The summed E-state index contributed by atoms with van der Waals surface area (Å²) in [6, 6.07) is 11.3. The Balaban J connectivity index is 2.00. The van der Waals surface area contributed by atoms with Crippen molar-refractivity contribution in [3.05, 3.63) is 65.0 Å². The van der Waals surface area contributed by atoms with Crippen molar-refractivity contribution in [3.8, 4) is 5.75 Å². The molecule has 0 bridgehead atoms. The molecule has 0 aliphatic rings. The molecule has 0 saturated heterocycles. The number of methoxy groups -OCH3 is 1. The molecular weight excluding hydrogens is 285 g/mol. The Morgan fingerprint density at radius 1 is 1.32 bits per heavy atom. The first-order chi connectivity index (χ1) is 10.5. The predicted molar refractivity (Wildman–Crippen MR) is 80.9 cm³/mol. The summed E-state index contributed by atoms with van der Waals surface area (Å²) in [7, 11) is 1.52. The van der Waals surface area contributed by atoms with Crippen molar-refractivity contribution in [2.45, 2.75) is 19.6 Å². The van der Waals surface area contributed by atoms with Gasteiger partial charge in [0.25, 0.3) is 5.91 Å². The maximum absolute atomic E-state index is 13.2. The van der Waals surface area contributed by atoms with E-state index in [1.807, 2.05) is 0 Å². The van der Waals surface area contributed by atoms with Crippen LogP contribution in [-0.2, 0) is 11.3 Å². The Hall–Kier alpha value is -2.40. The second kappa shape index (κ2) is 7.04. The Morgan fingerprint density at radius 3 is 2.77 bits per heavy atom. The molecule has 116 valence electrons. The number of benzene rings is 2. The summed E-state index contributed by atoms with van der Waals surface area (Å²) in [5, 5.41) is 12.7. The lowest BCUT2D eigenvalue weighted by molar-refractivity contribution is -0.129. The maximum Gasteiger partial charge on any atom is 0.253 e. The fourth-order valence-electron chi connectivity index (χ4n) is 2.07. The average molecular weight is 303 g/mol. The molecule has 1 amide bonds. The van der Waals surface area contributed by atoms with Gasteiger partial charge in [0.05, 0.1) is 7.11 Å². The van der Waals surface area contributed by atoms with E-state index in [4.69, 9.17) is 4.74 Å². The number of amides is 1. The lowest BCUT2D eigenvalue weighted by Crippen LogP contribution is -2.28. The molecule has 22 heavy (non-hydrogen) atoms. The van der Waals surface area contributed by atoms with Crippen molar-refractivity contribution in [3.63, 3.8) is 0 Å². The molecule has 5 heteroatoms. The van der Waals surface area contributed by atoms with Crippen LogP contribution in [0.25, 0.3) is 0 Å². The summed E-state index contributed by atoms with van der Waals surface area (Å²) in [5.74, 6) is -0.236. The number of halogens is 1. The summed E-state index contributed by atoms with van der Waals surface area (Å²) in [6.07, 6.45) is -1.28. The monoisotopic (exact) mass is 303 g/mol. The summed E-state index contributed by atoms with van der Waals surface area (Å²) in [5.41, 5.74) is 1.73. The lowest BCUT2D eigenvalue weighted by atomic mass is 10.1. The molecular formula is C17H18FNO3. The number of ether oxygens (including phenoxy) is 1. The second-order valence-corrected chi connectivity index (χ2v) is 4.98. The molecule has 0 fully saturated rings. The summed E-state index contributed by atoms with van der Waals surface area (Å²) in [6.45, 7) is 1.88. The molecule has 1 unspecified atom stereocenters. The highest BCUT2D eigenvalue weighted by Gasteiger charge is 2.17. The standard InChI is InChI=1S/C17H18FNO3/c1-11-8-12(6-7-15(11)18)10-19-17(21)16(20)13-4-3-5-14(9-13)22-2/h3-9,16,20H,10H2,1-2H3,(H,19,21). The van der Waals surface area contributed by atoms with Crippen LogP contribution < -0.4 is 10.1 Å². The van der Waals surface area contributed by atoms with Crippen LogP contribution in [-0.4, -0.2) is 18.1 Å². The van der Waals surface area contributed by atoms with Gasteiger partial charge in [0, 0.05) is 6.54 Å². The van der Waals surface area contributed by atoms with Gasteiger partial charge >= 0.3 is 0 Å². The number of hydrogen-bond donors (Lipinski definition) is 2. The Kier molecular flexibility index (Phi) is 5.12. The fourth-order valence-corrected chi connectivity index (χ4v) is 2.07. The molecule has 0 saturated carbocycles. The first-order valence-corrected chi connectivity index (χ1v) is 6.86. The molecule has 2 N–H and O–H groups in total. The average Bonchev–Trinajstić information content (AvgIpc) is 2.55. The lowest BCUT2D eigenvalue weighted by Gasteiger charge is -2.13. The van der Waals surface area contributed by atoms with E-state index in [0.717, 1.165) is 5.56 Å². The highest BCUT2D eigenvalue weighted by atomic mass is 19.1. The van der Waals surface area contributed by atoms with E-state index >= 15 is 0 Å². The van der Waals surface area contributed by atoms with Crippen LogP contribution in [0.1, 0.15) is 22.8 Å². The van der Waals surface area contributed by atoms with E-state index in [-0.39, 0.29) is 12.4 Å². The first-order valence-electron chi connectivity index (χ1n) is 6.86. The number of hydrogen-bond acceptors (Lipinski definition) is 3. The first kappa shape index (κ1) is 16.0. The van der Waals surface area contributed by atoms with Gasteiger partial charge in [0.1, 0.15) is 11.6 Å². The van der Waals surface area contributed by atoms with Crippen LogP contribution in [0.5, 0.6) is 5.75 Å². The van der Waals surface area contributed by atoms with Crippen LogP contribution in [0.15, 0.2) is 42.5 Å². The highest BCUT2D eigenvalue weighted by Crippen LogP contribution is 2.19. The minimum absolute atomic E-state index is 0.223. The van der Waals surface area contributed by atoms with Crippen molar-refractivity contribution < 1.29 is 19.0 Å². The van der Waals surface area contributed by atoms with E-state index in [0.29, 0.717) is 16.9 Å². The minimum Gasteiger partial charge on any atom is -0.497 e. The van der Waals surface area contributed by atoms with Crippen LogP contribution >= 0.6 is 0 Å². The van der Waals surface area contributed by atoms with Crippen molar-refractivity contribution in [2.75, 3.05) is 7.11 Å². The van der Waals surface area contributed by atoms with Gasteiger partial charge in [-0.15, -0.1) is 0 Å². The zero-order chi connectivity index (χ0) is 16.1. The van der Waals surface area contributed by atoms with Crippen LogP contribution in [0.3, 0.4) is 0 Å². The van der Waals surface area contributed by atoms with Gasteiger partial charge in [-0.2, -0.15) is 0 Å². The SMILES string of the molecule is COc1cccc(C(O)C(=O)NCc2ccc(F)c(C)c2)c1. The Morgan fingerprint density at radius 2 is 2.09 bits per heavy atom. The van der Waals surface area contributed by atoms with E-state index in [9.17, 15) is 14.3 Å². The number of carbonyl (C=O) groups is 1. The molecule has 0 spiro atoms. The van der Waals surface area contributed by atoms with Crippen molar-refractivity contribution in [1.29, 1.82) is 0 Å². The van der Waals surface area contributed by atoms with Crippen molar-refractivity contribution in [2.24, 2.45) is 0 Å². The third-order valence-electron chi connectivity index (χ3n) is 3.35. The van der Waals surface area contributed by atoms with Gasteiger partial charge in [-0.1, -0.05) is 24.3 Å². The molecule has 0 aliphatic carbocycles. The van der Waals surface area contributed by atoms with Gasteiger partial charge in [-0.25, -0.2) is 4.39 Å². The zero-order valence-corrected chi connectivity index (χ0v) is 12.5. The van der Waals surface area contributed by atoms with E-state index in [1.54, 1.807) is 43.3 Å². The van der Waals surface area contributed by atoms with Crippen LogP contribution in [0, 0.1) is 12.7 Å². The largest absolute Gasteiger partial charge is 0.497 e. The number of rotatable bonds is 5. The molecule has 2 aromatic carbocycles. The van der Waals surface area contributed by atoms with Crippen LogP contribution in [0.4, 0.5) is 4.39 Å². The number of aliphatic hydroxyl groups excluding tert-OH is 1. The molecule has 2 aromatic rings. The zero-order valence-electron chi connectivity index (χ0n) is 12.5. The molecule has 2 rings (SSSR count). The molecule has 4 nitrogen and oxygen atoms in total. The van der Waals surface area contributed by atoms with Gasteiger partial charge in [0.15, 0.2) is 6.10 Å². The van der Waals surface area contributed by atoms with Gasteiger partial charge in [-0.3, -0.25) is 4.79 Å². The van der Waals surface area contributed by atoms with E-state index in [2.05, 4.69) is 5.32 Å². The summed E-state index contributed by atoms with van der Waals surface area (Å²) in [4.78, 5) is 12.0.